The number of carboxylic acid groups (broad SMARTS) is 1. The van der Waals surface area contributed by atoms with Crippen LogP contribution in [0.3, 0.4) is 0 Å². The zero-order chi connectivity index (χ0) is 27.5. The molecule has 1 aliphatic heterocycles. The van der Waals surface area contributed by atoms with Gasteiger partial charge in [0, 0.05) is 11.1 Å². The Balaban J connectivity index is 2.49. The van der Waals surface area contributed by atoms with Gasteiger partial charge in [-0.15, -0.1) is 0 Å². The molecule has 2 aromatic rings. The second-order valence-corrected chi connectivity index (χ2v) is 8.34. The Bertz CT molecular complexity index is 1250. The summed E-state index contributed by atoms with van der Waals surface area (Å²) in [4.78, 5) is 25.2. The lowest BCUT2D eigenvalue weighted by Crippen LogP contribution is -2.67. The van der Waals surface area contributed by atoms with Crippen LogP contribution in [-0.2, 0) is 22.0 Å². The molecule has 196 valence electrons. The maximum absolute atomic E-state index is 13.5. The van der Waals surface area contributed by atoms with E-state index in [9.17, 15) is 60.7 Å². The van der Waals surface area contributed by atoms with Crippen LogP contribution < -0.4 is 4.74 Å². The first kappa shape index (κ1) is 26.9. The Morgan fingerprint density at radius 3 is 2.06 bits per heavy atom. The number of phenolic OH excluding ortho intramolecular Hbond substituents is 4. The topological polar surface area (TPSA) is 269 Å². The number of aliphatic hydroxyl groups is 6. The summed E-state index contributed by atoms with van der Waals surface area (Å²) in [6.45, 7) is 0. The molecule has 0 saturated heterocycles. The van der Waals surface area contributed by atoms with Gasteiger partial charge < -0.3 is 60.9 Å². The Morgan fingerprint density at radius 2 is 1.53 bits per heavy atom. The number of carbonyl (C=O) groups is 2. The standard InChI is InChI=1S/C21H23NO14/c1-22(2)21(34,35)19(30,31)18(29)11-8-5-7(6-10(23)24)3-4-9(8)36-20(32,33)13-12(11)14(25)16(27)17(28)15(13)26/h3-5,11,25-28,30-35H,6H2,1-2H3,(H,23,24). The largest absolute Gasteiger partial charge is 0.504 e. The summed E-state index contributed by atoms with van der Waals surface area (Å²) >= 11 is 0. The minimum Gasteiger partial charge on any atom is -0.504 e. The number of hydrogen-bond acceptors (Lipinski definition) is 14. The number of carboxylic acids is 1. The molecule has 1 aliphatic rings. The third-order valence-electron chi connectivity index (χ3n) is 5.74. The monoisotopic (exact) mass is 513 g/mol. The van der Waals surface area contributed by atoms with Gasteiger partial charge in [-0.1, -0.05) is 12.1 Å². The molecule has 0 amide bonds. The van der Waals surface area contributed by atoms with E-state index in [4.69, 9.17) is 9.84 Å². The second-order valence-electron chi connectivity index (χ2n) is 8.34. The molecule has 1 atom stereocenters. The van der Waals surface area contributed by atoms with Crippen LogP contribution >= 0.6 is 0 Å². The van der Waals surface area contributed by atoms with E-state index < -0.39 is 87.2 Å². The molecule has 36 heavy (non-hydrogen) atoms. The number of fused-ring (bicyclic) bond motifs is 2. The first-order valence-electron chi connectivity index (χ1n) is 9.96. The zero-order valence-electron chi connectivity index (χ0n) is 18.6. The summed E-state index contributed by atoms with van der Waals surface area (Å²) in [7, 11) is 1.88. The lowest BCUT2D eigenvalue weighted by molar-refractivity contribution is -0.386. The van der Waals surface area contributed by atoms with E-state index in [1.54, 1.807) is 0 Å². The molecule has 3 rings (SSSR count). The summed E-state index contributed by atoms with van der Waals surface area (Å²) in [6, 6.07) is 3.00. The molecule has 0 saturated carbocycles. The highest BCUT2D eigenvalue weighted by molar-refractivity contribution is 5.97. The molecular formula is C21H23NO14. The number of benzene rings is 2. The van der Waals surface area contributed by atoms with E-state index in [0.29, 0.717) is 4.90 Å². The predicted molar refractivity (Wildman–Crippen MR) is 113 cm³/mol. The minimum absolute atomic E-state index is 0.0485. The van der Waals surface area contributed by atoms with Gasteiger partial charge in [-0.05, 0) is 25.7 Å². The van der Waals surface area contributed by atoms with Gasteiger partial charge in [0.1, 0.15) is 11.3 Å². The molecule has 1 unspecified atom stereocenters. The Morgan fingerprint density at radius 1 is 0.972 bits per heavy atom. The number of aliphatic carboxylic acids is 1. The molecule has 15 heteroatoms. The average Bonchev–Trinajstić information content (AvgIpc) is 2.85. The van der Waals surface area contributed by atoms with Gasteiger partial charge in [-0.3, -0.25) is 14.5 Å². The van der Waals surface area contributed by atoms with Gasteiger partial charge in [-0.25, -0.2) is 0 Å². The predicted octanol–water partition coefficient (Wildman–Crippen LogP) is -2.79. The van der Waals surface area contributed by atoms with Crippen LogP contribution in [-0.4, -0.2) is 98.6 Å². The van der Waals surface area contributed by atoms with Crippen LogP contribution in [0.1, 0.15) is 28.2 Å². The lowest BCUT2D eigenvalue weighted by atomic mass is 9.79. The number of ketones is 1. The van der Waals surface area contributed by atoms with Crippen molar-refractivity contribution in [3.8, 4) is 28.7 Å². The fraction of sp³-hybridized carbons (Fsp3) is 0.333. The molecule has 0 aliphatic carbocycles. The summed E-state index contributed by atoms with van der Waals surface area (Å²) < 4.78 is 5.04. The fourth-order valence-electron chi connectivity index (χ4n) is 3.84. The Labute approximate surface area is 201 Å². The van der Waals surface area contributed by atoms with Crippen LogP contribution in [0.2, 0.25) is 0 Å². The normalized spacial score (nSPS) is 17.1. The van der Waals surface area contributed by atoms with Crippen molar-refractivity contribution in [2.75, 3.05) is 14.1 Å². The first-order valence-corrected chi connectivity index (χ1v) is 9.96. The van der Waals surface area contributed by atoms with Crippen molar-refractivity contribution >= 4 is 11.8 Å². The van der Waals surface area contributed by atoms with Gasteiger partial charge in [0.25, 0.3) is 11.7 Å². The molecule has 0 fully saturated rings. The Hall–Kier alpha value is -3.70. The molecule has 0 bridgehead atoms. The van der Waals surface area contributed by atoms with Gasteiger partial charge in [0.2, 0.25) is 17.3 Å². The second kappa shape index (κ2) is 8.45. The van der Waals surface area contributed by atoms with Gasteiger partial charge in [0.15, 0.2) is 11.5 Å². The third kappa shape index (κ3) is 3.94. The summed E-state index contributed by atoms with van der Waals surface area (Å²) in [5.74, 6) is -23.7. The van der Waals surface area contributed by atoms with E-state index in [0.717, 1.165) is 32.3 Å². The van der Waals surface area contributed by atoms with Crippen LogP contribution in [0.4, 0.5) is 0 Å². The first-order chi connectivity index (χ1) is 16.4. The van der Waals surface area contributed by atoms with Crippen LogP contribution in [0.25, 0.3) is 0 Å². The van der Waals surface area contributed by atoms with Crippen molar-refractivity contribution < 1.29 is 70.5 Å². The van der Waals surface area contributed by atoms with Crippen molar-refractivity contribution in [3.63, 3.8) is 0 Å². The molecule has 0 radical (unpaired) electrons. The summed E-state index contributed by atoms with van der Waals surface area (Å²) in [5.41, 5.74) is -3.10. The number of likely N-dealkylation sites (N-methyl/N-ethyl adjacent to an activating group) is 1. The highest BCUT2D eigenvalue weighted by Crippen LogP contribution is 2.56. The van der Waals surface area contributed by atoms with Gasteiger partial charge in [-0.2, -0.15) is 0 Å². The van der Waals surface area contributed by atoms with Gasteiger partial charge >= 0.3 is 11.9 Å². The highest BCUT2D eigenvalue weighted by atomic mass is 16.8. The highest BCUT2D eigenvalue weighted by Gasteiger charge is 2.60. The number of ether oxygens (including phenoxy) is 1. The van der Waals surface area contributed by atoms with E-state index in [1.807, 2.05) is 0 Å². The van der Waals surface area contributed by atoms with Crippen molar-refractivity contribution in [1.82, 2.24) is 4.90 Å². The summed E-state index contributed by atoms with van der Waals surface area (Å²) in [5, 5.41) is 113. The number of nitrogens with zero attached hydrogens (tertiary/aromatic N) is 1. The van der Waals surface area contributed by atoms with Crippen molar-refractivity contribution in [1.29, 1.82) is 0 Å². The van der Waals surface area contributed by atoms with Crippen molar-refractivity contribution in [2.24, 2.45) is 0 Å². The SMILES string of the molecule is CN(C)C(O)(O)C(O)(O)C(=O)C1c2cc(CC(=O)O)ccc2OC(O)(O)c2c(O)c(O)c(O)c(O)c21. The molecule has 15 nitrogen and oxygen atoms in total. The average molecular weight is 513 g/mol. The van der Waals surface area contributed by atoms with Gasteiger partial charge in [0.05, 0.1) is 12.3 Å². The zero-order valence-corrected chi connectivity index (χ0v) is 18.6. The lowest BCUT2D eigenvalue weighted by Gasteiger charge is -2.39. The number of Topliss-reactive ketones (excluding diaryl/α,β-unsaturated/α-hetero) is 1. The van der Waals surface area contributed by atoms with E-state index in [-0.39, 0.29) is 5.56 Å². The number of aromatic hydroxyl groups is 4. The smallest absolute Gasteiger partial charge is 0.355 e. The number of hydrogen-bond donors (Lipinski definition) is 11. The molecule has 0 aromatic heterocycles. The van der Waals surface area contributed by atoms with Crippen LogP contribution in [0.15, 0.2) is 18.2 Å². The maximum Gasteiger partial charge on any atom is 0.355 e. The third-order valence-corrected chi connectivity index (χ3v) is 5.74. The Kier molecular flexibility index (Phi) is 6.32. The molecular weight excluding hydrogens is 490 g/mol. The van der Waals surface area contributed by atoms with E-state index >= 15 is 0 Å². The van der Waals surface area contributed by atoms with E-state index in [2.05, 4.69) is 0 Å². The fourth-order valence-corrected chi connectivity index (χ4v) is 3.84. The van der Waals surface area contributed by atoms with E-state index in [1.165, 1.54) is 0 Å². The number of rotatable bonds is 6. The maximum atomic E-state index is 13.5. The molecule has 11 N–H and O–H groups in total. The summed E-state index contributed by atoms with van der Waals surface area (Å²) in [6.07, 6.45) is -0.659. The quantitative estimate of drug-likeness (QED) is 0.106. The molecule has 2 aromatic carbocycles. The van der Waals surface area contributed by atoms with Crippen LogP contribution in [0, 0.1) is 0 Å². The van der Waals surface area contributed by atoms with Crippen LogP contribution in [0.5, 0.6) is 28.7 Å². The number of carbonyl (C=O) groups excluding carboxylic acids is 1. The number of phenols is 4. The van der Waals surface area contributed by atoms with Crippen molar-refractivity contribution in [3.05, 3.63) is 40.5 Å². The molecule has 0 spiro atoms. The molecule has 1 heterocycles. The van der Waals surface area contributed by atoms with Crippen molar-refractivity contribution in [2.45, 2.75) is 30.0 Å². The minimum atomic E-state index is -4.12.